The second-order valence-electron chi connectivity index (χ2n) is 5.57. The van der Waals surface area contributed by atoms with E-state index in [1.165, 1.54) is 13.2 Å². The highest BCUT2D eigenvalue weighted by Crippen LogP contribution is 2.26. The third-order valence-corrected chi connectivity index (χ3v) is 4.53. The highest BCUT2D eigenvalue weighted by atomic mass is 32.2. The summed E-state index contributed by atoms with van der Waals surface area (Å²) < 4.78 is 38.1. The largest absolute Gasteiger partial charge is 0.495 e. The Bertz CT molecular complexity index is 737. The molecule has 0 saturated heterocycles. The van der Waals surface area contributed by atoms with Crippen LogP contribution in [0.25, 0.3) is 0 Å². The molecule has 0 saturated carbocycles. The second kappa shape index (κ2) is 10.3. The fraction of sp³-hybridized carbons (Fsp3) is 0.500. The lowest BCUT2D eigenvalue weighted by Gasteiger charge is -2.23. The maximum atomic E-state index is 12.5. The van der Waals surface area contributed by atoms with Crippen molar-refractivity contribution in [3.8, 4) is 5.75 Å². The first-order chi connectivity index (χ1) is 12.2. The quantitative estimate of drug-likeness (QED) is 0.427. The molecule has 0 aliphatic heterocycles. The average molecular weight is 404 g/mol. The number of nitrogens with one attached hydrogen (secondary N) is 2. The summed E-state index contributed by atoms with van der Waals surface area (Å²) in [5.74, 6) is 0.150. The monoisotopic (exact) mass is 403 g/mol. The summed E-state index contributed by atoms with van der Waals surface area (Å²) in [6.45, 7) is 2.58. The third-order valence-electron chi connectivity index (χ3n) is 3.63. The van der Waals surface area contributed by atoms with Crippen LogP contribution in [0.2, 0.25) is 0 Å². The molecule has 0 fully saturated rings. The summed E-state index contributed by atoms with van der Waals surface area (Å²) in [4.78, 5) is 14.0. The summed E-state index contributed by atoms with van der Waals surface area (Å²) in [7, 11) is -1.37. The van der Waals surface area contributed by atoms with Gasteiger partial charge in [0.25, 0.3) is 0 Å². The van der Waals surface area contributed by atoms with E-state index in [9.17, 15) is 13.2 Å². The minimum Gasteiger partial charge on any atom is -0.495 e. The van der Waals surface area contributed by atoms with E-state index in [4.69, 9.17) is 21.5 Å². The molecule has 0 heterocycles. The Morgan fingerprint density at radius 1 is 1.38 bits per heavy atom. The number of ether oxygens (including phenoxy) is 1. The van der Waals surface area contributed by atoms with Crippen molar-refractivity contribution in [2.24, 2.45) is 0 Å². The van der Waals surface area contributed by atoms with Crippen LogP contribution < -0.4 is 14.8 Å². The van der Waals surface area contributed by atoms with Crippen molar-refractivity contribution in [2.75, 3.05) is 25.4 Å². The van der Waals surface area contributed by atoms with Gasteiger partial charge in [0.1, 0.15) is 5.75 Å². The van der Waals surface area contributed by atoms with E-state index in [1.54, 1.807) is 24.1 Å². The van der Waals surface area contributed by atoms with E-state index in [0.29, 0.717) is 18.1 Å². The molecule has 8 nitrogen and oxygen atoms in total. The van der Waals surface area contributed by atoms with Crippen LogP contribution in [-0.4, -0.2) is 49.6 Å². The molecule has 0 atom stereocenters. The summed E-state index contributed by atoms with van der Waals surface area (Å²) in [5.41, 5.74) is 0.824. The van der Waals surface area contributed by atoms with Gasteiger partial charge in [0.05, 0.1) is 12.8 Å². The number of methoxy groups -OCH3 is 1. The summed E-state index contributed by atoms with van der Waals surface area (Å²) in [6, 6.07) is 4.82. The van der Waals surface area contributed by atoms with Crippen molar-refractivity contribution in [2.45, 2.75) is 32.6 Å². The Morgan fingerprint density at radius 3 is 2.62 bits per heavy atom. The molecule has 0 aliphatic carbocycles. The summed E-state index contributed by atoms with van der Waals surface area (Å²) in [5, 5.41) is 3.20. The maximum Gasteiger partial charge on any atom is 0.357 e. The van der Waals surface area contributed by atoms with Crippen molar-refractivity contribution in [1.29, 1.82) is 0 Å². The van der Waals surface area contributed by atoms with Crippen LogP contribution in [0.15, 0.2) is 18.2 Å². The number of rotatable bonds is 9. The predicted molar refractivity (Wildman–Crippen MR) is 105 cm³/mol. The Hall–Kier alpha value is -1.91. The number of aryl methyl sites for hydroxylation is 1. The fourth-order valence-electron chi connectivity index (χ4n) is 2.31. The van der Waals surface area contributed by atoms with Crippen molar-refractivity contribution in [3.05, 3.63) is 23.8 Å². The molecule has 10 heteroatoms. The third kappa shape index (κ3) is 7.14. The lowest BCUT2D eigenvalue weighted by molar-refractivity contribution is -0.127. The molecule has 3 N–H and O–H groups in total. The van der Waals surface area contributed by atoms with E-state index in [2.05, 4.69) is 5.32 Å². The van der Waals surface area contributed by atoms with E-state index >= 15 is 0 Å². The normalized spacial score (nSPS) is 10.9. The average Bonchev–Trinajstić information content (AvgIpc) is 2.58. The van der Waals surface area contributed by atoms with Crippen LogP contribution in [0.1, 0.15) is 31.7 Å². The second-order valence-corrected chi connectivity index (χ2v) is 7.11. The smallest absolute Gasteiger partial charge is 0.357 e. The first kappa shape index (κ1) is 22.1. The zero-order chi connectivity index (χ0) is 19.7. The number of amides is 1. The number of unbranched alkanes of at least 4 members (excludes halogenated alkanes) is 1. The lowest BCUT2D eigenvalue weighted by atomic mass is 10.1. The number of carbonyl (C=O) groups excluding carboxylic acids is 1. The van der Waals surface area contributed by atoms with Crippen molar-refractivity contribution < 1.29 is 22.5 Å². The van der Waals surface area contributed by atoms with E-state index in [0.717, 1.165) is 18.4 Å². The fourth-order valence-corrected chi connectivity index (χ4v) is 2.94. The van der Waals surface area contributed by atoms with Crippen LogP contribution in [0.4, 0.5) is 5.69 Å². The Kier molecular flexibility index (Phi) is 8.76. The highest BCUT2D eigenvalue weighted by Gasteiger charge is 2.17. The van der Waals surface area contributed by atoms with Crippen molar-refractivity contribution in [1.82, 2.24) is 10.2 Å². The lowest BCUT2D eigenvalue weighted by Crippen LogP contribution is -2.42. The molecule has 146 valence electrons. The molecule has 0 radical (unpaired) electrons. The molecular weight excluding hydrogens is 378 g/mol. The molecule has 0 unspecified atom stereocenters. The van der Waals surface area contributed by atoms with Gasteiger partial charge in [-0.1, -0.05) is 19.4 Å². The molecular formula is C16H25N3O5S2. The van der Waals surface area contributed by atoms with Crippen molar-refractivity contribution >= 4 is 39.2 Å². The number of carbonyl (C=O) groups is 1. The molecule has 1 rings (SSSR count). The summed E-state index contributed by atoms with van der Waals surface area (Å²) in [6.07, 6.45) is 2.39. The van der Waals surface area contributed by atoms with E-state index in [-0.39, 0.29) is 23.8 Å². The first-order valence-corrected chi connectivity index (χ1v) is 10.0. The van der Waals surface area contributed by atoms with E-state index in [1.807, 2.05) is 11.6 Å². The van der Waals surface area contributed by atoms with Crippen LogP contribution in [0.3, 0.4) is 0 Å². The number of anilines is 1. The Morgan fingerprint density at radius 2 is 2.08 bits per heavy atom. The minimum atomic E-state index is -4.43. The van der Waals surface area contributed by atoms with Crippen LogP contribution in [0, 0.1) is 0 Å². The molecule has 1 aromatic carbocycles. The van der Waals surface area contributed by atoms with Crippen molar-refractivity contribution in [3.63, 3.8) is 0 Å². The maximum absolute atomic E-state index is 12.5. The number of thiocarbonyl (C=S) groups is 1. The zero-order valence-electron chi connectivity index (χ0n) is 15.1. The van der Waals surface area contributed by atoms with Gasteiger partial charge in [-0.25, -0.2) is 0 Å². The Balaban J connectivity index is 2.86. The van der Waals surface area contributed by atoms with Crippen LogP contribution >= 0.6 is 12.2 Å². The van der Waals surface area contributed by atoms with Gasteiger partial charge in [-0.2, -0.15) is 8.42 Å². The highest BCUT2D eigenvalue weighted by molar-refractivity contribution is 7.87. The van der Waals surface area contributed by atoms with Gasteiger partial charge >= 0.3 is 10.3 Å². The number of hydrogen-bond acceptors (Lipinski definition) is 5. The first-order valence-electron chi connectivity index (χ1n) is 8.16. The molecule has 0 aromatic heterocycles. The minimum absolute atomic E-state index is 0.105. The zero-order valence-corrected chi connectivity index (χ0v) is 16.7. The van der Waals surface area contributed by atoms with Gasteiger partial charge in [0.15, 0.2) is 5.11 Å². The molecule has 1 aromatic rings. The van der Waals surface area contributed by atoms with Gasteiger partial charge in [-0.3, -0.25) is 19.0 Å². The molecule has 0 spiro atoms. The number of benzene rings is 1. The standard InChI is InChI=1S/C16H25N3O5S2/c1-4-5-10-19(16(25)17-2)15(20)9-7-12-6-8-14(24-3)13(11-12)18-26(21,22)23/h6,8,11,18H,4-5,7,9-10H2,1-3H3,(H,17,25)(H,21,22,23). The van der Waals surface area contributed by atoms with Gasteiger partial charge in [0, 0.05) is 20.0 Å². The molecule has 1 amide bonds. The molecule has 0 aliphatic rings. The van der Waals surface area contributed by atoms with E-state index < -0.39 is 10.3 Å². The van der Waals surface area contributed by atoms with Crippen LogP contribution in [0.5, 0.6) is 5.75 Å². The van der Waals surface area contributed by atoms with Gasteiger partial charge < -0.3 is 10.1 Å². The topological polar surface area (TPSA) is 108 Å². The van der Waals surface area contributed by atoms with Gasteiger partial charge in [0.2, 0.25) is 5.91 Å². The summed E-state index contributed by atoms with van der Waals surface area (Å²) >= 11 is 5.18. The molecule has 0 bridgehead atoms. The Labute approximate surface area is 159 Å². The number of hydrogen-bond donors (Lipinski definition) is 3. The van der Waals surface area contributed by atoms with Gasteiger partial charge in [-0.05, 0) is 42.8 Å². The SMILES string of the molecule is CCCCN(C(=O)CCc1ccc(OC)c(NS(=O)(=O)O)c1)C(=S)NC. The number of nitrogens with zero attached hydrogens (tertiary/aromatic N) is 1. The predicted octanol–water partition coefficient (Wildman–Crippen LogP) is 1.98. The van der Waals surface area contributed by atoms with Crippen LogP contribution in [-0.2, 0) is 21.5 Å². The van der Waals surface area contributed by atoms with Gasteiger partial charge in [-0.15, -0.1) is 0 Å². The molecule has 26 heavy (non-hydrogen) atoms.